The molecule has 35 heavy (non-hydrogen) atoms. The molecular formula is C23H12F3IO7S. The van der Waals surface area contributed by atoms with E-state index in [-0.39, 0.29) is 29.1 Å². The number of fused-ring (bicyclic) bond motifs is 3. The van der Waals surface area contributed by atoms with Crippen LogP contribution in [0.25, 0.3) is 32.9 Å². The zero-order chi connectivity index (χ0) is 25.0. The van der Waals surface area contributed by atoms with Crippen LogP contribution in [0.4, 0.5) is 13.2 Å². The summed E-state index contributed by atoms with van der Waals surface area (Å²) in [5.74, 6) is 0. The van der Waals surface area contributed by atoms with Gasteiger partial charge in [-0.1, -0.05) is 0 Å². The third-order valence-corrected chi connectivity index (χ3v) is 11.9. The zero-order valence-electron chi connectivity index (χ0n) is 17.2. The second-order valence-electron chi connectivity index (χ2n) is 7.22. The first-order chi connectivity index (χ1) is 16.5. The number of halogens is 4. The third-order valence-electron chi connectivity index (χ3n) is 4.95. The van der Waals surface area contributed by atoms with Crippen LogP contribution < -0.4 is 11.1 Å². The van der Waals surface area contributed by atoms with Crippen molar-refractivity contribution in [1.29, 1.82) is 0 Å². The molecule has 0 atom stereocenters. The van der Waals surface area contributed by atoms with Crippen LogP contribution in [-0.2, 0) is 12.6 Å². The summed E-state index contributed by atoms with van der Waals surface area (Å²) in [7, 11) is -5.98. The van der Waals surface area contributed by atoms with Crippen molar-refractivity contribution in [2.75, 3.05) is 0 Å². The van der Waals surface area contributed by atoms with Crippen molar-refractivity contribution in [1.82, 2.24) is 0 Å². The van der Waals surface area contributed by atoms with E-state index in [0.717, 1.165) is 0 Å². The first kappa shape index (κ1) is 23.5. The molecule has 180 valence electrons. The Morgan fingerprint density at radius 3 is 2.17 bits per heavy atom. The van der Waals surface area contributed by atoms with Gasteiger partial charge in [-0.15, -0.1) is 0 Å². The third kappa shape index (κ3) is 4.32. The van der Waals surface area contributed by atoms with E-state index < -0.39 is 46.9 Å². The van der Waals surface area contributed by atoms with Crippen LogP contribution in [0.15, 0.2) is 91.2 Å². The molecular weight excluding hydrogens is 604 g/mol. The van der Waals surface area contributed by atoms with Crippen molar-refractivity contribution in [3.05, 3.63) is 101 Å². The van der Waals surface area contributed by atoms with E-state index >= 15 is 0 Å². The molecule has 0 aliphatic carbocycles. The Bertz CT molecular complexity index is 1840. The molecule has 0 amide bonds. The Labute approximate surface area is 201 Å². The molecule has 2 heterocycles. The summed E-state index contributed by atoms with van der Waals surface area (Å²) in [5, 5.41) is 0.797. The van der Waals surface area contributed by atoms with Crippen molar-refractivity contribution in [2.45, 2.75) is 5.51 Å². The van der Waals surface area contributed by atoms with Gasteiger partial charge in [0.05, 0.1) is 0 Å². The standard InChI is InChI=1S/C23H12F3IO7S/c24-23(25,26)35(30,31)34-27(15-7-5-13-6-10-21(28)33-20(13)12-15)14-8-9-19-17(11-14)22(29)16-3-1-2-4-18(16)32-19/h1-12H. The van der Waals surface area contributed by atoms with Crippen LogP contribution >= 0.6 is 20.2 Å². The van der Waals surface area contributed by atoms with Crippen LogP contribution in [0.5, 0.6) is 0 Å². The van der Waals surface area contributed by atoms with Gasteiger partial charge < -0.3 is 0 Å². The van der Waals surface area contributed by atoms with Crippen LogP contribution in [0.3, 0.4) is 0 Å². The summed E-state index contributed by atoms with van der Waals surface area (Å²) >= 11 is -3.87. The zero-order valence-corrected chi connectivity index (χ0v) is 20.2. The van der Waals surface area contributed by atoms with E-state index in [2.05, 4.69) is 0 Å². The van der Waals surface area contributed by atoms with E-state index in [1.54, 1.807) is 24.3 Å². The van der Waals surface area contributed by atoms with Crippen LogP contribution in [0, 0.1) is 7.14 Å². The number of benzene rings is 3. The Morgan fingerprint density at radius 2 is 1.40 bits per heavy atom. The Hall–Kier alpha value is -3.23. The van der Waals surface area contributed by atoms with Gasteiger partial charge in [-0.25, -0.2) is 0 Å². The summed E-state index contributed by atoms with van der Waals surface area (Å²) in [6, 6.07) is 17.3. The molecule has 0 N–H and O–H groups in total. The maximum atomic E-state index is 13.2. The summed E-state index contributed by atoms with van der Waals surface area (Å²) in [4.78, 5) is 24.6. The molecule has 0 bridgehead atoms. The second-order valence-corrected chi connectivity index (χ2v) is 13.7. The Morgan fingerprint density at radius 1 is 0.743 bits per heavy atom. The molecule has 12 heteroatoms. The number of hydrogen-bond acceptors (Lipinski definition) is 7. The Balaban J connectivity index is 1.73. The van der Waals surface area contributed by atoms with Gasteiger partial charge in [0.15, 0.2) is 0 Å². The van der Waals surface area contributed by atoms with Gasteiger partial charge in [-0.3, -0.25) is 0 Å². The van der Waals surface area contributed by atoms with E-state index in [4.69, 9.17) is 11.3 Å². The van der Waals surface area contributed by atoms with Gasteiger partial charge in [0.25, 0.3) is 0 Å². The number of rotatable bonds is 4. The average molecular weight is 616 g/mol. The SMILES string of the molecule is O=c1ccc2ccc(I(OS(=O)(=O)C(F)(F)F)c3ccc4oc5ccccc5c(=O)c4c3)cc2o1. The second kappa shape index (κ2) is 8.46. The van der Waals surface area contributed by atoms with Crippen molar-refractivity contribution in [2.24, 2.45) is 0 Å². The van der Waals surface area contributed by atoms with Gasteiger partial charge in [0, 0.05) is 0 Å². The molecule has 0 unspecified atom stereocenters. The van der Waals surface area contributed by atoms with E-state index in [9.17, 15) is 31.2 Å². The average Bonchev–Trinajstić information content (AvgIpc) is 2.81. The predicted octanol–water partition coefficient (Wildman–Crippen LogP) is 5.38. The van der Waals surface area contributed by atoms with Gasteiger partial charge in [0.1, 0.15) is 0 Å². The number of para-hydroxylation sites is 1. The van der Waals surface area contributed by atoms with Gasteiger partial charge >= 0.3 is 202 Å². The van der Waals surface area contributed by atoms with Gasteiger partial charge in [-0.05, 0) is 0 Å². The number of hydrogen-bond donors (Lipinski definition) is 0. The molecule has 0 fully saturated rings. The minimum atomic E-state index is -5.98. The molecule has 0 aliphatic rings. The van der Waals surface area contributed by atoms with E-state index in [0.29, 0.717) is 11.0 Å². The first-order valence-corrected chi connectivity index (χ1v) is 14.2. The fourth-order valence-electron chi connectivity index (χ4n) is 3.34. The monoisotopic (exact) mass is 616 g/mol. The van der Waals surface area contributed by atoms with Crippen molar-refractivity contribution < 1.29 is 32.9 Å². The van der Waals surface area contributed by atoms with Crippen molar-refractivity contribution in [3.8, 4) is 0 Å². The van der Waals surface area contributed by atoms with Gasteiger partial charge in [-0.2, -0.15) is 0 Å². The van der Waals surface area contributed by atoms with Crippen LogP contribution in [0.1, 0.15) is 0 Å². The first-order valence-electron chi connectivity index (χ1n) is 9.74. The normalized spacial score (nSPS) is 12.9. The van der Waals surface area contributed by atoms with E-state index in [1.807, 2.05) is 0 Å². The molecule has 3 aromatic carbocycles. The molecule has 5 aromatic rings. The maximum absolute atomic E-state index is 13.2. The summed E-state index contributed by atoms with van der Waals surface area (Å²) < 4.78 is 79.4. The molecule has 2 aromatic heterocycles. The Kier molecular flexibility index (Phi) is 5.68. The predicted molar refractivity (Wildman–Crippen MR) is 130 cm³/mol. The minimum absolute atomic E-state index is 0.0524. The van der Waals surface area contributed by atoms with Crippen LogP contribution in [-0.4, -0.2) is 13.9 Å². The van der Waals surface area contributed by atoms with Gasteiger partial charge in [0.2, 0.25) is 0 Å². The molecule has 0 saturated carbocycles. The topological polar surface area (TPSA) is 104 Å². The van der Waals surface area contributed by atoms with Crippen molar-refractivity contribution in [3.63, 3.8) is 0 Å². The fourth-order valence-corrected chi connectivity index (χ4v) is 9.89. The fraction of sp³-hybridized carbons (Fsp3) is 0.0435. The molecule has 5 rings (SSSR count). The molecule has 7 nitrogen and oxygen atoms in total. The number of alkyl halides is 3. The summed E-state index contributed by atoms with van der Waals surface area (Å²) in [6.45, 7) is 0. The summed E-state index contributed by atoms with van der Waals surface area (Å²) in [5.41, 5.74) is -6.21. The molecule has 0 saturated heterocycles. The summed E-state index contributed by atoms with van der Waals surface area (Å²) in [6.07, 6.45) is 0. The molecule has 0 spiro atoms. The van der Waals surface area contributed by atoms with Crippen LogP contribution in [0.2, 0.25) is 0 Å². The molecule has 0 radical (unpaired) electrons. The van der Waals surface area contributed by atoms with E-state index in [1.165, 1.54) is 48.5 Å². The quantitative estimate of drug-likeness (QED) is 0.116. The van der Waals surface area contributed by atoms with Crippen molar-refractivity contribution >= 4 is 63.3 Å². The molecule has 0 aliphatic heterocycles.